The molecule has 118 valence electrons. The lowest BCUT2D eigenvalue weighted by Crippen LogP contribution is -2.35. The average Bonchev–Trinajstić information content (AvgIpc) is 2.46. The normalized spacial score (nSPS) is 12.2. The van der Waals surface area contributed by atoms with Crippen LogP contribution in [0.1, 0.15) is 18.9 Å². The Kier molecular flexibility index (Phi) is 7.04. The Morgan fingerprint density at radius 1 is 1.43 bits per heavy atom. The lowest BCUT2D eigenvalue weighted by atomic mass is 10.0. The van der Waals surface area contributed by atoms with Crippen LogP contribution < -0.4 is 10.1 Å². The summed E-state index contributed by atoms with van der Waals surface area (Å²) >= 11 is 0. The zero-order valence-corrected chi connectivity index (χ0v) is 12.5. The van der Waals surface area contributed by atoms with Crippen molar-refractivity contribution in [2.24, 2.45) is 0 Å². The Balaban J connectivity index is 3.04. The predicted octanol–water partition coefficient (Wildman–Crippen LogP) is 2.30. The minimum atomic E-state index is -0.738. The fourth-order valence-electron chi connectivity index (χ4n) is 2.08. The number of nitrogens with zero attached hydrogens (tertiary/aromatic N) is 1. The summed E-state index contributed by atoms with van der Waals surface area (Å²) in [6.45, 7) is 3.22. The lowest BCUT2D eigenvalue weighted by molar-refractivity contribution is -0.385. The Hall–Kier alpha value is -1.73. The fraction of sp³-hybridized carbons (Fsp3) is 0.571. The minimum Gasteiger partial charge on any atom is -0.494 e. The molecule has 0 aliphatic heterocycles. The summed E-state index contributed by atoms with van der Waals surface area (Å²) in [5.74, 6) is -0.736. The largest absolute Gasteiger partial charge is 0.494 e. The van der Waals surface area contributed by atoms with Crippen LogP contribution in [0.25, 0.3) is 0 Å². The van der Waals surface area contributed by atoms with Crippen LogP contribution >= 0.6 is 0 Å². The zero-order chi connectivity index (χ0) is 15.8. The van der Waals surface area contributed by atoms with Gasteiger partial charge in [0, 0.05) is 18.7 Å². The van der Waals surface area contributed by atoms with Gasteiger partial charge in [-0.2, -0.15) is 0 Å². The van der Waals surface area contributed by atoms with Crippen molar-refractivity contribution in [1.29, 1.82) is 0 Å². The standard InChI is InChI=1S/C14H21FN2O4/c1-4-5-16-11(9-20-2)6-10-7-14(21-3)12(15)8-13(10)17(18)19/h7-8,11,16H,4-6,9H2,1-3H3. The predicted molar refractivity (Wildman–Crippen MR) is 77.3 cm³/mol. The lowest BCUT2D eigenvalue weighted by Gasteiger charge is -2.18. The van der Waals surface area contributed by atoms with Gasteiger partial charge in [0.25, 0.3) is 5.69 Å². The third-order valence-corrected chi connectivity index (χ3v) is 3.07. The summed E-state index contributed by atoms with van der Waals surface area (Å²) in [7, 11) is 2.90. The summed E-state index contributed by atoms with van der Waals surface area (Å²) in [4.78, 5) is 10.5. The van der Waals surface area contributed by atoms with Crippen molar-refractivity contribution >= 4 is 5.69 Å². The maximum Gasteiger partial charge on any atom is 0.275 e. The van der Waals surface area contributed by atoms with Crippen LogP contribution in [0.15, 0.2) is 12.1 Å². The highest BCUT2D eigenvalue weighted by Gasteiger charge is 2.21. The van der Waals surface area contributed by atoms with Crippen molar-refractivity contribution in [2.45, 2.75) is 25.8 Å². The van der Waals surface area contributed by atoms with Crippen LogP contribution in [-0.2, 0) is 11.2 Å². The molecule has 0 amide bonds. The van der Waals surface area contributed by atoms with Crippen molar-refractivity contribution in [3.05, 3.63) is 33.6 Å². The second kappa shape index (κ2) is 8.53. The number of halogens is 1. The molecule has 1 atom stereocenters. The van der Waals surface area contributed by atoms with Crippen LogP contribution in [0.2, 0.25) is 0 Å². The van der Waals surface area contributed by atoms with E-state index in [-0.39, 0.29) is 17.5 Å². The first-order valence-corrected chi connectivity index (χ1v) is 6.76. The van der Waals surface area contributed by atoms with E-state index < -0.39 is 10.7 Å². The molecule has 1 unspecified atom stereocenters. The van der Waals surface area contributed by atoms with Crippen LogP contribution in [-0.4, -0.2) is 38.3 Å². The molecule has 0 fully saturated rings. The quantitative estimate of drug-likeness (QED) is 0.559. The van der Waals surface area contributed by atoms with E-state index in [0.29, 0.717) is 18.6 Å². The fourth-order valence-corrected chi connectivity index (χ4v) is 2.08. The highest BCUT2D eigenvalue weighted by atomic mass is 19.1. The van der Waals surface area contributed by atoms with Gasteiger partial charge < -0.3 is 14.8 Å². The smallest absolute Gasteiger partial charge is 0.275 e. The number of nitrogens with one attached hydrogen (secondary N) is 1. The molecule has 0 aromatic heterocycles. The molecular formula is C14H21FN2O4. The molecule has 0 heterocycles. The van der Waals surface area contributed by atoms with E-state index in [1.807, 2.05) is 6.92 Å². The van der Waals surface area contributed by atoms with E-state index in [4.69, 9.17) is 9.47 Å². The van der Waals surface area contributed by atoms with E-state index in [2.05, 4.69) is 5.32 Å². The molecule has 6 nitrogen and oxygen atoms in total. The Morgan fingerprint density at radius 2 is 2.14 bits per heavy atom. The average molecular weight is 300 g/mol. The van der Waals surface area contributed by atoms with Crippen molar-refractivity contribution < 1.29 is 18.8 Å². The van der Waals surface area contributed by atoms with Gasteiger partial charge in [0.15, 0.2) is 11.6 Å². The molecule has 7 heteroatoms. The maximum atomic E-state index is 13.6. The van der Waals surface area contributed by atoms with Crippen molar-refractivity contribution in [3.8, 4) is 5.75 Å². The van der Waals surface area contributed by atoms with E-state index in [9.17, 15) is 14.5 Å². The van der Waals surface area contributed by atoms with Gasteiger partial charge in [-0.25, -0.2) is 4.39 Å². The monoisotopic (exact) mass is 300 g/mol. The number of nitro benzene ring substituents is 1. The van der Waals surface area contributed by atoms with Crippen LogP contribution in [0.4, 0.5) is 10.1 Å². The number of hydrogen-bond acceptors (Lipinski definition) is 5. The van der Waals surface area contributed by atoms with Crippen LogP contribution in [0.3, 0.4) is 0 Å². The summed E-state index contributed by atoms with van der Waals surface area (Å²) in [6.07, 6.45) is 1.30. The molecule has 1 N–H and O–H groups in total. The summed E-state index contributed by atoms with van der Waals surface area (Å²) in [6, 6.07) is 2.20. The molecule has 0 aliphatic rings. The van der Waals surface area contributed by atoms with Gasteiger partial charge in [0.05, 0.1) is 24.7 Å². The van der Waals surface area contributed by atoms with Gasteiger partial charge in [-0.15, -0.1) is 0 Å². The van der Waals surface area contributed by atoms with Gasteiger partial charge in [-0.3, -0.25) is 10.1 Å². The number of methoxy groups -OCH3 is 2. The topological polar surface area (TPSA) is 73.6 Å². The number of ether oxygens (including phenoxy) is 2. The molecule has 1 aromatic rings. The minimum absolute atomic E-state index is 0.00209. The maximum absolute atomic E-state index is 13.6. The molecule has 1 rings (SSSR count). The second-order valence-electron chi connectivity index (χ2n) is 4.68. The van der Waals surface area contributed by atoms with Gasteiger partial charge in [0.2, 0.25) is 0 Å². The Bertz CT molecular complexity index is 482. The summed E-state index contributed by atoms with van der Waals surface area (Å²) in [5.41, 5.74) is 0.177. The Morgan fingerprint density at radius 3 is 2.67 bits per heavy atom. The van der Waals surface area contributed by atoms with E-state index in [1.54, 1.807) is 7.11 Å². The highest BCUT2D eigenvalue weighted by Crippen LogP contribution is 2.28. The van der Waals surface area contributed by atoms with E-state index in [1.165, 1.54) is 13.2 Å². The van der Waals surface area contributed by atoms with Gasteiger partial charge in [0.1, 0.15) is 0 Å². The molecule has 0 saturated carbocycles. The van der Waals surface area contributed by atoms with Crippen molar-refractivity contribution in [3.63, 3.8) is 0 Å². The summed E-state index contributed by atoms with van der Waals surface area (Å²) in [5, 5.41) is 14.3. The molecule has 0 radical (unpaired) electrons. The molecule has 0 saturated heterocycles. The van der Waals surface area contributed by atoms with Gasteiger partial charge >= 0.3 is 0 Å². The SMILES string of the molecule is CCCNC(COC)Cc1cc(OC)c(F)cc1[N+](=O)[O-]. The number of hydrogen-bond donors (Lipinski definition) is 1. The molecule has 1 aromatic carbocycles. The number of benzene rings is 1. The highest BCUT2D eigenvalue weighted by molar-refractivity contribution is 5.46. The summed E-state index contributed by atoms with van der Waals surface area (Å²) < 4.78 is 23.6. The first kappa shape index (κ1) is 17.3. The Labute approximate surface area is 123 Å². The first-order valence-electron chi connectivity index (χ1n) is 6.76. The van der Waals surface area contributed by atoms with Crippen LogP contribution in [0, 0.1) is 15.9 Å². The molecule has 0 bridgehead atoms. The van der Waals surface area contributed by atoms with Gasteiger partial charge in [-0.1, -0.05) is 6.92 Å². The molecular weight excluding hydrogens is 279 g/mol. The number of rotatable bonds is 9. The first-order chi connectivity index (χ1) is 10.0. The molecule has 0 spiro atoms. The third-order valence-electron chi connectivity index (χ3n) is 3.07. The van der Waals surface area contributed by atoms with Gasteiger partial charge in [-0.05, 0) is 25.5 Å². The van der Waals surface area contributed by atoms with Crippen molar-refractivity contribution in [2.75, 3.05) is 27.4 Å². The third kappa shape index (κ3) is 4.95. The van der Waals surface area contributed by atoms with Crippen molar-refractivity contribution in [1.82, 2.24) is 5.32 Å². The van der Waals surface area contributed by atoms with Crippen LogP contribution in [0.5, 0.6) is 5.75 Å². The zero-order valence-electron chi connectivity index (χ0n) is 12.5. The van der Waals surface area contributed by atoms with E-state index in [0.717, 1.165) is 19.0 Å². The van der Waals surface area contributed by atoms with E-state index >= 15 is 0 Å². The number of nitro groups is 1. The molecule has 0 aliphatic carbocycles. The molecule has 21 heavy (non-hydrogen) atoms. The second-order valence-corrected chi connectivity index (χ2v) is 4.68.